The molecule has 1 fully saturated rings. The molecule has 98 valence electrons. The van der Waals surface area contributed by atoms with Gasteiger partial charge in [0, 0.05) is 38.5 Å². The summed E-state index contributed by atoms with van der Waals surface area (Å²) in [6.07, 6.45) is 0.693. The zero-order chi connectivity index (χ0) is 13.1. The van der Waals surface area contributed by atoms with Crippen LogP contribution in [0, 0.1) is 5.41 Å². The van der Waals surface area contributed by atoms with Gasteiger partial charge < -0.3 is 15.5 Å². The molecule has 1 aliphatic rings. The summed E-state index contributed by atoms with van der Waals surface area (Å²) in [7, 11) is 0. The molecule has 0 saturated carbocycles. The van der Waals surface area contributed by atoms with E-state index >= 15 is 0 Å². The average molecular weight is 241 g/mol. The minimum Gasteiger partial charge on any atom is -0.339 e. The molecule has 0 aromatic heterocycles. The van der Waals surface area contributed by atoms with Gasteiger partial charge >= 0.3 is 0 Å². The molecule has 0 aromatic rings. The van der Waals surface area contributed by atoms with Gasteiger partial charge in [0.2, 0.25) is 11.8 Å². The standard InChI is InChI=1S/C12H23N3O2/c1-10(16)14-6-8-15(9-7-14)11(17)12(2,3)4-5-13/h4-9,13H2,1-3H3. The molecule has 0 aliphatic carbocycles. The van der Waals surface area contributed by atoms with Gasteiger partial charge in [-0.1, -0.05) is 13.8 Å². The Morgan fingerprint density at radius 3 is 2.00 bits per heavy atom. The zero-order valence-corrected chi connectivity index (χ0v) is 11.0. The summed E-state index contributed by atoms with van der Waals surface area (Å²) >= 11 is 0. The third-order valence-corrected chi connectivity index (χ3v) is 3.36. The molecule has 0 unspecified atom stereocenters. The monoisotopic (exact) mass is 241 g/mol. The van der Waals surface area contributed by atoms with Crippen LogP contribution in [0.3, 0.4) is 0 Å². The van der Waals surface area contributed by atoms with Gasteiger partial charge in [0.1, 0.15) is 0 Å². The minimum atomic E-state index is -0.396. The van der Waals surface area contributed by atoms with Crippen LogP contribution in [0.4, 0.5) is 0 Å². The molecule has 0 aromatic carbocycles. The van der Waals surface area contributed by atoms with Crippen molar-refractivity contribution in [2.45, 2.75) is 27.2 Å². The summed E-state index contributed by atoms with van der Waals surface area (Å²) in [5.41, 5.74) is 5.12. The van der Waals surface area contributed by atoms with E-state index in [4.69, 9.17) is 5.73 Å². The molecule has 0 atom stereocenters. The molecular formula is C12H23N3O2. The third kappa shape index (κ3) is 3.43. The van der Waals surface area contributed by atoms with Crippen LogP contribution in [0.5, 0.6) is 0 Å². The van der Waals surface area contributed by atoms with Crippen LogP contribution in [0.15, 0.2) is 0 Å². The lowest BCUT2D eigenvalue weighted by Crippen LogP contribution is -2.53. The number of nitrogens with zero attached hydrogens (tertiary/aromatic N) is 2. The molecule has 1 heterocycles. The Kier molecular flexibility index (Phi) is 4.51. The van der Waals surface area contributed by atoms with Gasteiger partial charge in [-0.05, 0) is 13.0 Å². The second kappa shape index (κ2) is 5.49. The maximum absolute atomic E-state index is 12.3. The van der Waals surface area contributed by atoms with Gasteiger partial charge in [-0.3, -0.25) is 9.59 Å². The summed E-state index contributed by atoms with van der Waals surface area (Å²) < 4.78 is 0. The van der Waals surface area contributed by atoms with Crippen molar-refractivity contribution in [3.63, 3.8) is 0 Å². The van der Waals surface area contributed by atoms with Crippen LogP contribution in [-0.2, 0) is 9.59 Å². The van der Waals surface area contributed by atoms with Crippen LogP contribution >= 0.6 is 0 Å². The van der Waals surface area contributed by atoms with E-state index < -0.39 is 5.41 Å². The Morgan fingerprint density at radius 1 is 1.12 bits per heavy atom. The number of rotatable bonds is 3. The highest BCUT2D eigenvalue weighted by atomic mass is 16.2. The van der Waals surface area contributed by atoms with Crippen molar-refractivity contribution < 1.29 is 9.59 Å². The highest BCUT2D eigenvalue weighted by Crippen LogP contribution is 2.23. The molecule has 2 amide bonds. The quantitative estimate of drug-likeness (QED) is 0.759. The van der Waals surface area contributed by atoms with E-state index in [-0.39, 0.29) is 11.8 Å². The summed E-state index contributed by atoms with van der Waals surface area (Å²) in [5, 5.41) is 0. The van der Waals surface area contributed by atoms with Crippen molar-refractivity contribution in [3.8, 4) is 0 Å². The van der Waals surface area contributed by atoms with E-state index in [2.05, 4.69) is 0 Å². The van der Waals surface area contributed by atoms with E-state index in [0.717, 1.165) is 0 Å². The summed E-state index contributed by atoms with van der Waals surface area (Å²) in [5.74, 6) is 0.226. The lowest BCUT2D eigenvalue weighted by molar-refractivity contribution is -0.145. The van der Waals surface area contributed by atoms with Crippen LogP contribution < -0.4 is 5.73 Å². The second-order valence-electron chi connectivity index (χ2n) is 5.22. The van der Waals surface area contributed by atoms with Gasteiger partial charge in [-0.2, -0.15) is 0 Å². The highest BCUT2D eigenvalue weighted by molar-refractivity contribution is 5.82. The van der Waals surface area contributed by atoms with Gasteiger partial charge in [-0.25, -0.2) is 0 Å². The van der Waals surface area contributed by atoms with Crippen molar-refractivity contribution in [1.29, 1.82) is 0 Å². The number of hydrogen-bond acceptors (Lipinski definition) is 3. The predicted octanol–water partition coefficient (Wildman–Crippen LogP) is 0.0521. The number of piperazine rings is 1. The topological polar surface area (TPSA) is 66.6 Å². The number of carbonyl (C=O) groups excluding carboxylic acids is 2. The van der Waals surface area contributed by atoms with Crippen molar-refractivity contribution in [2.75, 3.05) is 32.7 Å². The summed E-state index contributed by atoms with van der Waals surface area (Å²) in [6.45, 7) is 8.49. The van der Waals surface area contributed by atoms with Crippen LogP contribution in [0.2, 0.25) is 0 Å². The maximum atomic E-state index is 12.3. The SMILES string of the molecule is CC(=O)N1CCN(C(=O)C(C)(C)CCN)CC1. The molecule has 0 bridgehead atoms. The highest BCUT2D eigenvalue weighted by Gasteiger charge is 2.33. The first-order valence-corrected chi connectivity index (χ1v) is 6.13. The molecule has 5 nitrogen and oxygen atoms in total. The Balaban J connectivity index is 2.54. The minimum absolute atomic E-state index is 0.0818. The largest absolute Gasteiger partial charge is 0.339 e. The van der Waals surface area contributed by atoms with E-state index in [1.54, 1.807) is 11.8 Å². The molecule has 1 aliphatic heterocycles. The first-order chi connectivity index (χ1) is 7.88. The van der Waals surface area contributed by atoms with E-state index in [0.29, 0.717) is 39.1 Å². The fraction of sp³-hybridized carbons (Fsp3) is 0.833. The smallest absolute Gasteiger partial charge is 0.228 e. The second-order valence-corrected chi connectivity index (χ2v) is 5.22. The van der Waals surface area contributed by atoms with E-state index in [1.165, 1.54) is 0 Å². The number of nitrogens with two attached hydrogens (primary N) is 1. The molecule has 5 heteroatoms. The van der Waals surface area contributed by atoms with Crippen molar-refractivity contribution in [2.24, 2.45) is 11.1 Å². The maximum Gasteiger partial charge on any atom is 0.228 e. The van der Waals surface area contributed by atoms with Gasteiger partial charge in [0.15, 0.2) is 0 Å². The molecule has 1 rings (SSSR count). The van der Waals surface area contributed by atoms with Crippen LogP contribution in [0.1, 0.15) is 27.2 Å². The van der Waals surface area contributed by atoms with Gasteiger partial charge in [-0.15, -0.1) is 0 Å². The Hall–Kier alpha value is -1.10. The lowest BCUT2D eigenvalue weighted by atomic mass is 9.87. The normalized spacial score (nSPS) is 17.2. The predicted molar refractivity (Wildman–Crippen MR) is 66.3 cm³/mol. The van der Waals surface area contributed by atoms with E-state index in [1.807, 2.05) is 18.7 Å². The number of hydrogen-bond donors (Lipinski definition) is 1. The Bertz CT molecular complexity index is 294. The molecule has 1 saturated heterocycles. The number of amides is 2. The average Bonchev–Trinajstić information content (AvgIpc) is 2.28. The van der Waals surface area contributed by atoms with Crippen molar-refractivity contribution >= 4 is 11.8 Å². The molecule has 0 spiro atoms. The molecule has 17 heavy (non-hydrogen) atoms. The fourth-order valence-corrected chi connectivity index (χ4v) is 2.12. The molecular weight excluding hydrogens is 218 g/mol. The Labute approximate surface area is 103 Å². The summed E-state index contributed by atoms with van der Waals surface area (Å²) in [4.78, 5) is 27.1. The zero-order valence-electron chi connectivity index (χ0n) is 11.0. The van der Waals surface area contributed by atoms with Crippen molar-refractivity contribution in [3.05, 3.63) is 0 Å². The first-order valence-electron chi connectivity index (χ1n) is 6.13. The molecule has 2 N–H and O–H groups in total. The van der Waals surface area contributed by atoms with Crippen LogP contribution in [0.25, 0.3) is 0 Å². The first kappa shape index (κ1) is 14.0. The Morgan fingerprint density at radius 2 is 1.59 bits per heavy atom. The van der Waals surface area contributed by atoms with E-state index in [9.17, 15) is 9.59 Å². The lowest BCUT2D eigenvalue weighted by Gasteiger charge is -2.38. The molecule has 0 radical (unpaired) electrons. The van der Waals surface area contributed by atoms with Crippen molar-refractivity contribution in [1.82, 2.24) is 9.80 Å². The fourth-order valence-electron chi connectivity index (χ4n) is 2.12. The van der Waals surface area contributed by atoms with Gasteiger partial charge in [0.05, 0.1) is 0 Å². The van der Waals surface area contributed by atoms with Crippen LogP contribution in [-0.4, -0.2) is 54.3 Å². The third-order valence-electron chi connectivity index (χ3n) is 3.36. The number of carbonyl (C=O) groups is 2. The van der Waals surface area contributed by atoms with Gasteiger partial charge in [0.25, 0.3) is 0 Å². The summed E-state index contributed by atoms with van der Waals surface area (Å²) in [6, 6.07) is 0.